The van der Waals surface area contributed by atoms with Crippen LogP contribution in [0.5, 0.6) is 0 Å². The van der Waals surface area contributed by atoms with E-state index in [0.717, 1.165) is 27.6 Å². The monoisotopic (exact) mass is 573 g/mol. The summed E-state index contributed by atoms with van der Waals surface area (Å²) in [6, 6.07) is 10.3. The van der Waals surface area contributed by atoms with Crippen LogP contribution in [0, 0.1) is 0 Å². The largest absolute Gasteiger partial charge is 0.418 e. The molecule has 0 aliphatic carbocycles. The van der Waals surface area contributed by atoms with Crippen molar-refractivity contribution in [1.29, 1.82) is 0 Å². The molecule has 4 aromatic rings. The molecule has 0 atom stereocenters. The van der Waals surface area contributed by atoms with Crippen molar-refractivity contribution in [1.82, 2.24) is 24.5 Å². The summed E-state index contributed by atoms with van der Waals surface area (Å²) in [5.74, 6) is 0.857. The molecule has 0 unspecified atom stereocenters. The minimum Gasteiger partial charge on any atom is -0.366 e. The van der Waals surface area contributed by atoms with Crippen LogP contribution in [0.2, 0.25) is 0 Å². The summed E-state index contributed by atoms with van der Waals surface area (Å²) >= 11 is 3.51. The lowest BCUT2D eigenvalue weighted by Gasteiger charge is -2.32. The van der Waals surface area contributed by atoms with E-state index in [1.54, 1.807) is 28.0 Å². The molecule has 0 bridgehead atoms. The van der Waals surface area contributed by atoms with Gasteiger partial charge in [-0.15, -0.1) is 0 Å². The third kappa shape index (κ3) is 5.53. The number of nitrogens with zero attached hydrogens (tertiary/aromatic N) is 5. The molecular weight excluding hydrogens is 551 g/mol. The maximum Gasteiger partial charge on any atom is 0.418 e. The van der Waals surface area contributed by atoms with Crippen molar-refractivity contribution in [3.63, 3.8) is 0 Å². The molecule has 1 aromatic carbocycles. The lowest BCUT2D eigenvalue weighted by atomic mass is 9.93. The Morgan fingerprint density at radius 1 is 1.11 bits per heavy atom. The first-order valence-electron chi connectivity index (χ1n) is 11.7. The Hall–Kier alpha value is -3.67. The number of nitrogens with one attached hydrogen (secondary N) is 2. The number of amides is 2. The van der Waals surface area contributed by atoms with E-state index in [-0.39, 0.29) is 11.6 Å². The van der Waals surface area contributed by atoms with Gasteiger partial charge >= 0.3 is 12.2 Å². The average molecular weight is 574 g/mol. The van der Waals surface area contributed by atoms with Gasteiger partial charge in [0.1, 0.15) is 5.82 Å². The Morgan fingerprint density at radius 3 is 2.62 bits per heavy atom. The molecule has 192 valence electrons. The zero-order valence-electron chi connectivity index (χ0n) is 19.5. The molecule has 2 amide bonds. The number of urea groups is 1. The molecule has 2 N–H and O–H groups in total. The first kappa shape index (κ1) is 25.0. The number of aromatic nitrogens is 4. The van der Waals surface area contributed by atoms with E-state index in [2.05, 4.69) is 36.6 Å². The summed E-state index contributed by atoms with van der Waals surface area (Å²) in [5, 5.41) is 10.2. The first-order valence-corrected chi connectivity index (χ1v) is 12.5. The average Bonchev–Trinajstić information content (AvgIpc) is 3.28. The van der Waals surface area contributed by atoms with Crippen molar-refractivity contribution in [2.24, 2.45) is 0 Å². The number of fused-ring (bicyclic) bond motifs is 1. The highest BCUT2D eigenvalue weighted by molar-refractivity contribution is 9.10. The number of rotatable bonds is 5. The van der Waals surface area contributed by atoms with Crippen molar-refractivity contribution in [3.8, 4) is 0 Å². The second-order valence-corrected chi connectivity index (χ2v) is 9.60. The summed E-state index contributed by atoms with van der Waals surface area (Å²) < 4.78 is 42.4. The summed E-state index contributed by atoms with van der Waals surface area (Å²) in [6.07, 6.45) is 1.91. The van der Waals surface area contributed by atoms with Crippen LogP contribution in [-0.4, -0.2) is 43.6 Å². The number of anilines is 2. The lowest BCUT2D eigenvalue weighted by molar-refractivity contribution is -0.136. The van der Waals surface area contributed by atoms with Crippen LogP contribution in [0.25, 0.3) is 5.65 Å². The van der Waals surface area contributed by atoms with Crippen LogP contribution in [0.1, 0.15) is 35.6 Å². The Morgan fingerprint density at radius 2 is 1.89 bits per heavy atom. The number of halogens is 4. The van der Waals surface area contributed by atoms with Crippen LogP contribution in [-0.2, 0) is 12.7 Å². The Kier molecular flexibility index (Phi) is 7.00. The number of carbonyl (C=O) groups excluding carboxylic acids is 1. The maximum absolute atomic E-state index is 13.3. The highest BCUT2D eigenvalue weighted by Crippen LogP contribution is 2.35. The molecule has 5 rings (SSSR count). The van der Waals surface area contributed by atoms with Gasteiger partial charge in [-0.1, -0.05) is 18.2 Å². The molecular formula is C25H23BrF3N7O. The van der Waals surface area contributed by atoms with E-state index in [1.807, 2.05) is 18.2 Å². The molecule has 1 aliphatic rings. The second-order valence-electron chi connectivity index (χ2n) is 8.74. The number of alkyl halides is 3. The predicted octanol–water partition coefficient (Wildman–Crippen LogP) is 5.93. The van der Waals surface area contributed by atoms with Gasteiger partial charge in [-0.25, -0.2) is 9.78 Å². The molecule has 0 radical (unpaired) electrons. The van der Waals surface area contributed by atoms with E-state index >= 15 is 0 Å². The molecule has 1 fully saturated rings. The predicted molar refractivity (Wildman–Crippen MR) is 136 cm³/mol. The van der Waals surface area contributed by atoms with Gasteiger partial charge in [-0.3, -0.25) is 4.98 Å². The molecule has 3 aromatic heterocycles. The topological polar surface area (TPSA) is 87.5 Å². The summed E-state index contributed by atoms with van der Waals surface area (Å²) in [4.78, 5) is 23.2. The fraction of sp³-hybridized carbons (Fsp3) is 0.280. The number of likely N-dealkylation sites (tertiary alicyclic amines) is 1. The maximum atomic E-state index is 13.3. The van der Waals surface area contributed by atoms with Crippen molar-refractivity contribution in [3.05, 3.63) is 82.3 Å². The lowest BCUT2D eigenvalue weighted by Crippen LogP contribution is -2.41. The van der Waals surface area contributed by atoms with Gasteiger partial charge in [0.15, 0.2) is 5.65 Å². The molecule has 0 spiro atoms. The van der Waals surface area contributed by atoms with Crippen LogP contribution in [0.15, 0.2) is 65.5 Å². The number of carbonyl (C=O) groups is 1. The van der Waals surface area contributed by atoms with Gasteiger partial charge in [0.05, 0.1) is 21.9 Å². The SMILES string of the molecule is O=C(Nc1ccccc1C(F)(F)F)N1CCC(c2cc(NCc3cccnc3)n3ncc(Br)c3n2)CC1. The Labute approximate surface area is 219 Å². The van der Waals surface area contributed by atoms with Gasteiger partial charge in [0.25, 0.3) is 0 Å². The van der Waals surface area contributed by atoms with E-state index < -0.39 is 17.8 Å². The molecule has 12 heteroatoms. The minimum absolute atomic E-state index is 0.0808. The summed E-state index contributed by atoms with van der Waals surface area (Å²) in [6.45, 7) is 1.36. The van der Waals surface area contributed by atoms with Crippen molar-refractivity contribution >= 4 is 39.1 Å². The van der Waals surface area contributed by atoms with Crippen molar-refractivity contribution in [2.75, 3.05) is 23.7 Å². The first-order chi connectivity index (χ1) is 17.8. The standard InChI is InChI=1S/C25H23BrF3N7O/c26-19-15-32-36-22(31-14-16-4-3-9-30-13-16)12-21(33-23(19)36)17-7-10-35(11-8-17)24(37)34-20-6-2-1-5-18(20)25(27,28)29/h1-6,9,12-13,15,17,31H,7-8,10-11,14H2,(H,34,37). The van der Waals surface area contributed by atoms with Gasteiger partial charge in [-0.05, 0) is 52.5 Å². The molecule has 4 heterocycles. The summed E-state index contributed by atoms with van der Waals surface area (Å²) in [5.41, 5.74) is 1.45. The number of piperidine rings is 1. The normalized spacial score (nSPS) is 14.6. The van der Waals surface area contributed by atoms with Crippen LogP contribution >= 0.6 is 15.9 Å². The van der Waals surface area contributed by atoms with E-state index in [9.17, 15) is 18.0 Å². The number of para-hydroxylation sites is 1. The van der Waals surface area contributed by atoms with Gasteiger partial charge in [-0.2, -0.15) is 22.8 Å². The molecule has 1 aliphatic heterocycles. The van der Waals surface area contributed by atoms with Gasteiger partial charge in [0.2, 0.25) is 0 Å². The zero-order valence-corrected chi connectivity index (χ0v) is 21.1. The van der Waals surface area contributed by atoms with E-state index in [0.29, 0.717) is 38.1 Å². The molecule has 37 heavy (non-hydrogen) atoms. The number of hydrogen-bond acceptors (Lipinski definition) is 5. The fourth-order valence-corrected chi connectivity index (χ4v) is 4.75. The number of benzene rings is 1. The molecule has 1 saturated heterocycles. The quantitative estimate of drug-likeness (QED) is 0.309. The third-order valence-electron chi connectivity index (χ3n) is 6.32. The fourth-order valence-electron chi connectivity index (χ4n) is 4.40. The molecule has 0 saturated carbocycles. The van der Waals surface area contributed by atoms with Gasteiger partial charge in [0, 0.05) is 49.7 Å². The third-order valence-corrected chi connectivity index (χ3v) is 6.88. The van der Waals surface area contributed by atoms with Crippen LogP contribution in [0.3, 0.4) is 0 Å². The van der Waals surface area contributed by atoms with Crippen LogP contribution < -0.4 is 10.6 Å². The smallest absolute Gasteiger partial charge is 0.366 e. The Balaban J connectivity index is 1.28. The van der Waals surface area contributed by atoms with Crippen molar-refractivity contribution < 1.29 is 18.0 Å². The number of pyridine rings is 1. The molecule has 8 nitrogen and oxygen atoms in total. The summed E-state index contributed by atoms with van der Waals surface area (Å²) in [7, 11) is 0. The van der Waals surface area contributed by atoms with E-state index in [1.165, 1.54) is 18.2 Å². The number of hydrogen-bond donors (Lipinski definition) is 2. The minimum atomic E-state index is -4.55. The highest BCUT2D eigenvalue weighted by atomic mass is 79.9. The Bertz CT molecular complexity index is 1400. The highest BCUT2D eigenvalue weighted by Gasteiger charge is 2.34. The van der Waals surface area contributed by atoms with Crippen LogP contribution in [0.4, 0.5) is 29.5 Å². The zero-order chi connectivity index (χ0) is 26.0. The second kappa shape index (κ2) is 10.4. The van der Waals surface area contributed by atoms with Crippen molar-refractivity contribution in [2.45, 2.75) is 31.5 Å². The van der Waals surface area contributed by atoms with E-state index in [4.69, 9.17) is 4.98 Å². The van der Waals surface area contributed by atoms with Gasteiger partial charge < -0.3 is 15.5 Å².